The van der Waals surface area contributed by atoms with Gasteiger partial charge in [-0.1, -0.05) is 130 Å². The van der Waals surface area contributed by atoms with E-state index in [0.29, 0.717) is 25.2 Å². The van der Waals surface area contributed by atoms with Crippen LogP contribution in [-0.2, 0) is 27.6 Å². The normalized spacial score (nSPS) is 31.5. The molecule has 55 heavy (non-hydrogen) atoms. The van der Waals surface area contributed by atoms with Crippen molar-refractivity contribution in [1.29, 1.82) is 0 Å². The molecule has 3 saturated carbocycles. The van der Waals surface area contributed by atoms with E-state index in [0.717, 1.165) is 54.2 Å². The van der Waals surface area contributed by atoms with Gasteiger partial charge in [0, 0.05) is 29.8 Å². The van der Waals surface area contributed by atoms with Gasteiger partial charge in [-0.2, -0.15) is 0 Å². The van der Waals surface area contributed by atoms with Crippen molar-refractivity contribution in [1.82, 2.24) is 0 Å². The molecule has 8 atom stereocenters. The Morgan fingerprint density at radius 3 is 1.93 bits per heavy atom. The number of carbonyl (C=O) groups excluding carboxylic acids is 2. The average Bonchev–Trinajstić information content (AvgIpc) is 3.53. The van der Waals surface area contributed by atoms with E-state index in [-0.39, 0.29) is 52.3 Å². The van der Waals surface area contributed by atoms with E-state index in [2.05, 4.69) is 131 Å². The van der Waals surface area contributed by atoms with Crippen molar-refractivity contribution in [3.8, 4) is 0 Å². The minimum atomic E-state index is -2.99. The second-order valence-electron chi connectivity index (χ2n) is 19.2. The SMILES string of the molecule is CC[C@]1(CO[Si](CC)(CC)CC)C[C@@H](OC(=O)CO[Si](c2ccccc2)(c2ccccc2)C(C)(C)C)[C@@]2(C)C3C(=O)CC[C@@]3(CC[C@H]2C)[C@H](C)[C@@H]1O[SiH](C)C. The molecule has 3 aliphatic carbocycles. The fourth-order valence-corrected chi connectivity index (χ4v) is 20.1. The van der Waals surface area contributed by atoms with Crippen molar-refractivity contribution < 1.29 is 27.6 Å². The standard InChI is InChI=1S/C46H74O6Si3/c1-13-45(33-50-54(14-2,15-3)16-4)31-39(44(10)34(5)27-29-46(30-28-38(47)41(44)46)35(6)42(45)52-53(11)12)51-40(48)32-49-55(43(7,8)9,36-23-19-17-20-24-36)37-25-21-18-22-26-37/h17-26,34-35,39,41-42,53H,13-16,27-33H2,1-12H3/t34-,35-,39-,41?,42+,44+,45-,46+/m1/s1. The fourth-order valence-electron chi connectivity index (χ4n) is 11.8. The molecule has 306 valence electrons. The quantitative estimate of drug-likeness (QED) is 0.132. The monoisotopic (exact) mass is 806 g/mol. The molecule has 0 saturated heterocycles. The van der Waals surface area contributed by atoms with E-state index in [1.807, 2.05) is 12.1 Å². The van der Waals surface area contributed by atoms with Gasteiger partial charge in [-0.3, -0.25) is 4.79 Å². The van der Waals surface area contributed by atoms with Crippen molar-refractivity contribution in [3.05, 3.63) is 60.7 Å². The van der Waals surface area contributed by atoms with Crippen LogP contribution in [0.5, 0.6) is 0 Å². The first-order chi connectivity index (χ1) is 26.0. The summed E-state index contributed by atoms with van der Waals surface area (Å²) in [5.41, 5.74) is -1.10. The molecular weight excluding hydrogens is 733 g/mol. The summed E-state index contributed by atoms with van der Waals surface area (Å²) in [6, 6.07) is 24.2. The highest BCUT2D eigenvalue weighted by atomic mass is 28.4. The van der Waals surface area contributed by atoms with Gasteiger partial charge in [0.25, 0.3) is 8.32 Å². The Hall–Kier alpha value is -1.89. The molecule has 3 aliphatic rings. The third kappa shape index (κ3) is 7.85. The fraction of sp³-hybridized carbons (Fsp3) is 0.696. The number of carbonyl (C=O) groups is 2. The van der Waals surface area contributed by atoms with Crippen LogP contribution in [0.3, 0.4) is 0 Å². The number of benzene rings is 2. The molecule has 0 amide bonds. The molecule has 0 radical (unpaired) electrons. The zero-order chi connectivity index (χ0) is 40.5. The topological polar surface area (TPSA) is 71.1 Å². The second-order valence-corrected chi connectivity index (χ2v) is 30.7. The van der Waals surface area contributed by atoms with Crippen molar-refractivity contribution in [2.75, 3.05) is 13.2 Å². The van der Waals surface area contributed by atoms with Crippen LogP contribution in [0.25, 0.3) is 0 Å². The minimum absolute atomic E-state index is 0.0812. The molecule has 0 heterocycles. The highest BCUT2D eigenvalue weighted by Gasteiger charge is 2.69. The lowest BCUT2D eigenvalue weighted by Crippen LogP contribution is -2.67. The zero-order valence-corrected chi connectivity index (χ0v) is 39.6. The lowest BCUT2D eigenvalue weighted by Gasteiger charge is -2.63. The Kier molecular flexibility index (Phi) is 13.8. The van der Waals surface area contributed by atoms with Gasteiger partial charge in [-0.15, -0.1) is 0 Å². The summed E-state index contributed by atoms with van der Waals surface area (Å²) in [5, 5.41) is 1.98. The highest BCUT2D eigenvalue weighted by molar-refractivity contribution is 6.99. The number of Topliss-reactive ketones (excluding diaryl/α,β-unsaturated/α-hetero) is 1. The number of ether oxygens (including phenoxy) is 1. The van der Waals surface area contributed by atoms with E-state index < -0.39 is 37.2 Å². The Labute approximate surface area is 338 Å². The van der Waals surface area contributed by atoms with E-state index in [1.54, 1.807) is 0 Å². The van der Waals surface area contributed by atoms with E-state index >= 15 is 0 Å². The average molecular weight is 807 g/mol. The van der Waals surface area contributed by atoms with Gasteiger partial charge < -0.3 is 18.0 Å². The summed E-state index contributed by atoms with van der Waals surface area (Å²) >= 11 is 0. The number of hydrogen-bond acceptors (Lipinski definition) is 6. The van der Waals surface area contributed by atoms with Crippen LogP contribution in [0.15, 0.2) is 60.7 Å². The van der Waals surface area contributed by atoms with Crippen LogP contribution in [-0.4, -0.2) is 62.8 Å². The molecule has 0 N–H and O–H groups in total. The molecule has 6 nitrogen and oxygen atoms in total. The molecule has 9 heteroatoms. The Morgan fingerprint density at radius 1 is 0.873 bits per heavy atom. The summed E-state index contributed by atoms with van der Waals surface area (Å²) < 4.78 is 28.7. The van der Waals surface area contributed by atoms with Gasteiger partial charge in [-0.25, -0.2) is 4.79 Å². The van der Waals surface area contributed by atoms with Gasteiger partial charge >= 0.3 is 5.97 Å². The van der Waals surface area contributed by atoms with E-state index in [1.165, 1.54) is 0 Å². The number of rotatable bonds is 15. The predicted octanol–water partition coefficient (Wildman–Crippen LogP) is 9.70. The smallest absolute Gasteiger partial charge is 0.331 e. The Bertz CT molecular complexity index is 1540. The molecule has 0 aromatic heterocycles. The number of esters is 1. The van der Waals surface area contributed by atoms with E-state index in [9.17, 15) is 9.59 Å². The van der Waals surface area contributed by atoms with Crippen LogP contribution in [0.4, 0.5) is 0 Å². The first-order valence-corrected chi connectivity index (χ1v) is 28.9. The number of ketones is 1. The van der Waals surface area contributed by atoms with Gasteiger partial charge in [0.1, 0.15) is 18.5 Å². The van der Waals surface area contributed by atoms with Gasteiger partial charge in [0.2, 0.25) is 0 Å². The second kappa shape index (κ2) is 17.1. The number of hydrogen-bond donors (Lipinski definition) is 0. The summed E-state index contributed by atoms with van der Waals surface area (Å²) in [7, 11) is -6.50. The maximum atomic E-state index is 14.7. The molecule has 2 aromatic rings. The summed E-state index contributed by atoms with van der Waals surface area (Å²) in [6.45, 7) is 27.9. The lowest BCUT2D eigenvalue weighted by molar-refractivity contribution is -0.215. The van der Waals surface area contributed by atoms with Crippen LogP contribution in [0.1, 0.15) is 108 Å². The molecule has 0 aliphatic heterocycles. The van der Waals surface area contributed by atoms with Crippen LogP contribution >= 0.6 is 0 Å². The van der Waals surface area contributed by atoms with Crippen molar-refractivity contribution in [2.24, 2.45) is 34.0 Å². The molecule has 3 fully saturated rings. The summed E-state index contributed by atoms with van der Waals surface area (Å²) in [4.78, 5) is 29.2. The Balaban J connectivity index is 1.62. The lowest BCUT2D eigenvalue weighted by atomic mass is 9.43. The van der Waals surface area contributed by atoms with Gasteiger partial charge in [0.05, 0.1) is 6.10 Å². The molecule has 2 bridgehead atoms. The summed E-state index contributed by atoms with van der Waals surface area (Å²) in [6.07, 6.45) is 4.41. The third-order valence-corrected chi connectivity index (χ3v) is 26.0. The predicted molar refractivity (Wildman–Crippen MR) is 234 cm³/mol. The Morgan fingerprint density at radius 2 is 1.44 bits per heavy atom. The van der Waals surface area contributed by atoms with Gasteiger partial charge in [0.15, 0.2) is 17.4 Å². The molecule has 5 rings (SSSR count). The zero-order valence-electron chi connectivity index (χ0n) is 36.5. The minimum Gasteiger partial charge on any atom is -0.460 e. The van der Waals surface area contributed by atoms with Crippen LogP contribution in [0.2, 0.25) is 36.3 Å². The molecule has 0 spiro atoms. The molecule has 1 unspecified atom stereocenters. The largest absolute Gasteiger partial charge is 0.460 e. The van der Waals surface area contributed by atoms with E-state index in [4.69, 9.17) is 18.0 Å². The van der Waals surface area contributed by atoms with Gasteiger partial charge in [-0.05, 0) is 96.0 Å². The maximum absolute atomic E-state index is 14.7. The van der Waals surface area contributed by atoms with Crippen LogP contribution in [0, 0.1) is 34.0 Å². The van der Waals surface area contributed by atoms with Crippen molar-refractivity contribution in [3.63, 3.8) is 0 Å². The highest BCUT2D eigenvalue weighted by Crippen LogP contribution is 2.68. The third-order valence-electron chi connectivity index (χ3n) is 15.5. The van der Waals surface area contributed by atoms with Crippen molar-refractivity contribution >= 4 is 47.8 Å². The summed E-state index contributed by atoms with van der Waals surface area (Å²) in [5.74, 6) is 0.215. The first kappa shape index (κ1) is 44.2. The van der Waals surface area contributed by atoms with Crippen LogP contribution < -0.4 is 10.4 Å². The molecule has 2 aromatic carbocycles. The maximum Gasteiger partial charge on any atom is 0.331 e. The molecular formula is C46H74O6Si3. The van der Waals surface area contributed by atoms with Crippen molar-refractivity contribution in [2.45, 2.75) is 156 Å². The first-order valence-electron chi connectivity index (χ1n) is 21.7.